The van der Waals surface area contributed by atoms with E-state index in [1.807, 2.05) is 18.2 Å². The number of fused-ring (bicyclic) bond motifs is 1. The van der Waals surface area contributed by atoms with Crippen molar-refractivity contribution in [2.24, 2.45) is 0 Å². The van der Waals surface area contributed by atoms with Crippen molar-refractivity contribution in [1.82, 2.24) is 20.7 Å². The van der Waals surface area contributed by atoms with Crippen LogP contribution in [0.4, 0.5) is 0 Å². The molecule has 0 aliphatic carbocycles. The molecule has 10 nitrogen and oxygen atoms in total. The van der Waals surface area contributed by atoms with Gasteiger partial charge in [-0.3, -0.25) is 30.1 Å². The molecule has 3 aromatic rings. The molecule has 208 valence electrons. The third-order valence-corrected chi connectivity index (χ3v) is 7.94. The Morgan fingerprint density at radius 2 is 1.82 bits per heavy atom. The summed E-state index contributed by atoms with van der Waals surface area (Å²) >= 11 is 7.75. The topological polar surface area (TPSA) is 131 Å². The number of carbonyl (C=O) groups excluding carboxylic acids is 4. The van der Waals surface area contributed by atoms with Gasteiger partial charge in [-0.1, -0.05) is 66.4 Å². The minimum atomic E-state index is -0.424. The first-order valence-corrected chi connectivity index (χ1v) is 14.5. The molecule has 2 N–H and O–H groups in total. The number of carbonyl (C=O) groups is 4. The number of oxazole rings is 1. The molecule has 0 atom stereocenters. The number of amides is 3. The zero-order valence-corrected chi connectivity index (χ0v) is 24.0. The number of benzene rings is 2. The summed E-state index contributed by atoms with van der Waals surface area (Å²) < 4.78 is 10.7. The van der Waals surface area contributed by atoms with Crippen molar-refractivity contribution >= 4 is 80.9 Å². The Morgan fingerprint density at radius 1 is 1.07 bits per heavy atom. The highest BCUT2D eigenvalue weighted by Crippen LogP contribution is 2.33. The molecule has 0 saturated carbocycles. The summed E-state index contributed by atoms with van der Waals surface area (Å²) in [4.78, 5) is 54.8. The molecular formula is C27H26N4O6S3. The number of nitrogens with one attached hydrogen (secondary N) is 2. The zero-order chi connectivity index (χ0) is 28.5. The second-order valence-electron chi connectivity index (χ2n) is 8.59. The molecule has 0 spiro atoms. The van der Waals surface area contributed by atoms with Crippen molar-refractivity contribution in [2.75, 3.05) is 19.4 Å². The minimum Gasteiger partial charge on any atom is -0.465 e. The van der Waals surface area contributed by atoms with Crippen LogP contribution in [0.5, 0.6) is 0 Å². The Bertz CT molecular complexity index is 1420. The van der Waals surface area contributed by atoms with Crippen LogP contribution in [0, 0.1) is 0 Å². The SMILES string of the molecule is COC(=O)c1ccc(/C=C2\SC(=S)N(CCCCCC(=O)NNC(=O)CSc3nc4ccccc4o3)C2=O)cc1. The first-order valence-electron chi connectivity index (χ1n) is 12.3. The average molecular weight is 599 g/mol. The zero-order valence-electron chi connectivity index (χ0n) is 21.5. The van der Waals surface area contributed by atoms with Crippen LogP contribution in [0.3, 0.4) is 0 Å². The van der Waals surface area contributed by atoms with E-state index in [1.54, 1.807) is 41.3 Å². The molecule has 0 radical (unpaired) electrons. The number of thiocarbonyl (C=S) groups is 1. The summed E-state index contributed by atoms with van der Waals surface area (Å²) in [6, 6.07) is 14.1. The third kappa shape index (κ3) is 7.93. The number of hydrogen-bond donors (Lipinski definition) is 2. The number of methoxy groups -OCH3 is 1. The first kappa shape index (κ1) is 29.3. The molecule has 1 aliphatic rings. The first-order chi connectivity index (χ1) is 19.3. The van der Waals surface area contributed by atoms with Gasteiger partial charge in [0.25, 0.3) is 11.1 Å². The van der Waals surface area contributed by atoms with Gasteiger partial charge in [-0.25, -0.2) is 9.78 Å². The standard InChI is InChI=1S/C27H26N4O6S3/c1-36-25(35)18-12-10-17(11-13-18)15-21-24(34)31(27(38)40-21)14-6-2-3-9-22(32)29-30-23(33)16-39-26-28-19-7-4-5-8-20(19)37-26/h4-5,7-8,10-13,15H,2-3,6,9,14,16H2,1H3,(H,29,32)(H,30,33)/b21-15-. The van der Waals surface area contributed by atoms with Gasteiger partial charge in [-0.15, -0.1) is 0 Å². The van der Waals surface area contributed by atoms with Crippen LogP contribution in [0.15, 0.2) is 63.1 Å². The van der Waals surface area contributed by atoms with Crippen molar-refractivity contribution in [1.29, 1.82) is 0 Å². The van der Waals surface area contributed by atoms with E-state index >= 15 is 0 Å². The van der Waals surface area contributed by atoms with Crippen molar-refractivity contribution in [3.05, 3.63) is 64.6 Å². The van der Waals surface area contributed by atoms with Crippen LogP contribution in [-0.2, 0) is 19.1 Å². The number of hydrogen-bond acceptors (Lipinski definition) is 10. The van der Waals surface area contributed by atoms with Crippen LogP contribution in [0.25, 0.3) is 17.2 Å². The van der Waals surface area contributed by atoms with Gasteiger partial charge in [0.2, 0.25) is 11.8 Å². The highest BCUT2D eigenvalue weighted by Gasteiger charge is 2.31. The quantitative estimate of drug-likeness (QED) is 0.0822. The maximum Gasteiger partial charge on any atom is 0.337 e. The fourth-order valence-corrected chi connectivity index (χ4v) is 5.63. The van der Waals surface area contributed by atoms with E-state index in [0.717, 1.165) is 17.3 Å². The molecule has 1 saturated heterocycles. The van der Waals surface area contributed by atoms with Crippen LogP contribution in [-0.4, -0.2) is 57.3 Å². The molecule has 0 unspecified atom stereocenters. The second kappa shape index (κ2) is 14.1. The monoisotopic (exact) mass is 598 g/mol. The van der Waals surface area contributed by atoms with Gasteiger partial charge in [0.05, 0.1) is 23.3 Å². The number of aromatic nitrogens is 1. The maximum absolute atomic E-state index is 12.8. The summed E-state index contributed by atoms with van der Waals surface area (Å²) in [5, 5.41) is 0.383. The van der Waals surface area contributed by atoms with E-state index < -0.39 is 5.97 Å². The lowest BCUT2D eigenvalue weighted by molar-refractivity contribution is -0.127. The lowest BCUT2D eigenvalue weighted by atomic mass is 10.1. The minimum absolute atomic E-state index is 0.0458. The van der Waals surface area contributed by atoms with Crippen LogP contribution in [0.1, 0.15) is 41.6 Å². The van der Waals surface area contributed by atoms with Gasteiger partial charge >= 0.3 is 5.97 Å². The predicted octanol–water partition coefficient (Wildman–Crippen LogP) is 4.32. The maximum atomic E-state index is 12.8. The molecular weight excluding hydrogens is 573 g/mol. The normalized spacial score (nSPS) is 14.1. The largest absolute Gasteiger partial charge is 0.465 e. The number of nitrogens with zero attached hydrogens (tertiary/aromatic N) is 2. The third-order valence-electron chi connectivity index (χ3n) is 5.73. The fourth-order valence-electron chi connectivity index (χ4n) is 3.69. The average Bonchev–Trinajstić information content (AvgIpc) is 3.50. The summed E-state index contributed by atoms with van der Waals surface area (Å²) in [7, 11) is 1.32. The number of ether oxygens (including phenoxy) is 1. The van der Waals surface area contributed by atoms with Crippen molar-refractivity contribution in [3.63, 3.8) is 0 Å². The number of esters is 1. The van der Waals surface area contributed by atoms with Gasteiger partial charge in [0.1, 0.15) is 9.84 Å². The lowest BCUT2D eigenvalue weighted by Gasteiger charge is -2.14. The molecule has 0 bridgehead atoms. The van der Waals surface area contributed by atoms with Crippen molar-refractivity contribution in [2.45, 2.75) is 30.9 Å². The van der Waals surface area contributed by atoms with E-state index in [2.05, 4.69) is 15.8 Å². The second-order valence-corrected chi connectivity index (χ2v) is 11.2. The molecule has 1 fully saturated rings. The number of unbranched alkanes of at least 4 members (excludes halogenated alkanes) is 2. The smallest absolute Gasteiger partial charge is 0.337 e. The van der Waals surface area contributed by atoms with Gasteiger partial charge in [0, 0.05) is 13.0 Å². The van der Waals surface area contributed by atoms with E-state index in [-0.39, 0.29) is 29.9 Å². The van der Waals surface area contributed by atoms with Crippen molar-refractivity contribution in [3.8, 4) is 0 Å². The Kier molecular flexibility index (Phi) is 10.3. The van der Waals surface area contributed by atoms with E-state index in [0.29, 0.717) is 56.9 Å². The summed E-state index contributed by atoms with van der Waals surface area (Å²) in [6.45, 7) is 0.453. The van der Waals surface area contributed by atoms with E-state index in [4.69, 9.17) is 21.4 Å². The Hall–Kier alpha value is -3.68. The molecule has 2 aromatic carbocycles. The highest BCUT2D eigenvalue weighted by atomic mass is 32.2. The molecule has 4 rings (SSSR count). The lowest BCUT2D eigenvalue weighted by Crippen LogP contribution is -2.42. The molecule has 2 heterocycles. The fraction of sp³-hybridized carbons (Fsp3) is 0.259. The Balaban J connectivity index is 1.11. The Labute approximate surface area is 244 Å². The van der Waals surface area contributed by atoms with E-state index in [1.165, 1.54) is 18.9 Å². The number of hydrazine groups is 1. The summed E-state index contributed by atoms with van der Waals surface area (Å²) in [5.74, 6) is -1.21. The molecule has 3 amide bonds. The van der Waals surface area contributed by atoms with Crippen LogP contribution in [0.2, 0.25) is 0 Å². The van der Waals surface area contributed by atoms with Gasteiger partial charge < -0.3 is 9.15 Å². The van der Waals surface area contributed by atoms with Gasteiger partial charge in [-0.2, -0.15) is 0 Å². The molecule has 1 aromatic heterocycles. The number of thioether (sulfide) groups is 2. The molecule has 40 heavy (non-hydrogen) atoms. The van der Waals surface area contributed by atoms with Gasteiger partial charge in [-0.05, 0) is 48.7 Å². The Morgan fingerprint density at radius 3 is 2.58 bits per heavy atom. The van der Waals surface area contributed by atoms with Crippen LogP contribution < -0.4 is 10.9 Å². The van der Waals surface area contributed by atoms with E-state index in [9.17, 15) is 19.2 Å². The molecule has 1 aliphatic heterocycles. The van der Waals surface area contributed by atoms with Crippen molar-refractivity contribution < 1.29 is 28.3 Å². The molecule has 13 heteroatoms. The number of para-hydroxylation sites is 2. The highest BCUT2D eigenvalue weighted by molar-refractivity contribution is 8.26. The summed E-state index contributed by atoms with van der Waals surface area (Å²) in [6.07, 6.45) is 3.95. The van der Waals surface area contributed by atoms with Gasteiger partial charge in [0.15, 0.2) is 5.58 Å². The predicted molar refractivity (Wildman–Crippen MR) is 157 cm³/mol. The summed E-state index contributed by atoms with van der Waals surface area (Å²) in [5.41, 5.74) is 7.37. The number of rotatable bonds is 11. The van der Waals surface area contributed by atoms with Crippen LogP contribution >= 0.6 is 35.7 Å².